The van der Waals surface area contributed by atoms with Gasteiger partial charge in [-0.15, -0.1) is 0 Å². The molecule has 2 heterocycles. The number of amides is 1. The van der Waals surface area contributed by atoms with E-state index in [0.29, 0.717) is 13.1 Å². The maximum Gasteiger partial charge on any atom is 0.407 e. The molecule has 0 saturated carbocycles. The average molecular weight is 641 g/mol. The van der Waals surface area contributed by atoms with Gasteiger partial charge in [-0.1, -0.05) is 121 Å². The molecule has 3 N–H and O–H groups in total. The second kappa shape index (κ2) is 14.8. The summed E-state index contributed by atoms with van der Waals surface area (Å²) < 4.78 is 34.3. The fraction of sp³-hybridized carbons (Fsp3) is 0.359. The summed E-state index contributed by atoms with van der Waals surface area (Å²) in [6.07, 6.45) is -0.583. The first-order chi connectivity index (χ1) is 22.5. The van der Waals surface area contributed by atoms with Crippen LogP contribution in [0.3, 0.4) is 0 Å². The maximum atomic E-state index is 15.0. The van der Waals surface area contributed by atoms with E-state index in [9.17, 15) is 9.18 Å². The van der Waals surface area contributed by atoms with Crippen LogP contribution in [0.1, 0.15) is 55.1 Å². The quantitative estimate of drug-likeness (QED) is 0.205. The van der Waals surface area contributed by atoms with Crippen LogP contribution in [0.25, 0.3) is 0 Å². The summed E-state index contributed by atoms with van der Waals surface area (Å²) in [6, 6.07) is 40.8. The van der Waals surface area contributed by atoms with Crippen LogP contribution in [0, 0.1) is 0 Å². The highest BCUT2D eigenvalue weighted by Gasteiger charge is 2.47. The molecule has 248 valence electrons. The van der Waals surface area contributed by atoms with Gasteiger partial charge in [0.25, 0.3) is 0 Å². The van der Waals surface area contributed by atoms with E-state index in [-0.39, 0.29) is 38.3 Å². The molecule has 47 heavy (non-hydrogen) atoms. The van der Waals surface area contributed by atoms with E-state index >= 15 is 4.39 Å². The van der Waals surface area contributed by atoms with Crippen LogP contribution in [-0.4, -0.2) is 72.1 Å². The van der Waals surface area contributed by atoms with Crippen molar-refractivity contribution in [1.29, 1.82) is 0 Å². The maximum absolute atomic E-state index is 15.0. The van der Waals surface area contributed by atoms with Crippen molar-refractivity contribution < 1.29 is 18.3 Å². The topological polar surface area (TPSA) is 70.8 Å². The molecule has 2 aliphatic heterocycles. The Morgan fingerprint density at radius 3 is 1.30 bits per heavy atom. The van der Waals surface area contributed by atoms with Gasteiger partial charge in [-0.05, 0) is 43.0 Å². The summed E-state index contributed by atoms with van der Waals surface area (Å²) in [5, 5.41) is 2.56. The van der Waals surface area contributed by atoms with Crippen LogP contribution < -0.4 is 11.1 Å². The molecule has 6 nitrogen and oxygen atoms in total. The van der Waals surface area contributed by atoms with Gasteiger partial charge in [-0.3, -0.25) is 9.80 Å². The predicted molar refractivity (Wildman–Crippen MR) is 184 cm³/mol. The lowest BCUT2D eigenvalue weighted by Crippen LogP contribution is -2.64. The van der Waals surface area contributed by atoms with E-state index < -0.39 is 23.0 Å². The fourth-order valence-electron chi connectivity index (χ4n) is 6.28. The minimum absolute atomic E-state index is 0.00204. The number of ether oxygens (including phenoxy) is 1. The molecular weight excluding hydrogens is 594 g/mol. The van der Waals surface area contributed by atoms with Crippen LogP contribution in [0.5, 0.6) is 0 Å². The average Bonchev–Trinajstić information content (AvgIpc) is 3.04. The molecule has 8 heteroatoms. The molecule has 0 bridgehead atoms. The Kier molecular flexibility index (Phi) is 10.7. The number of carbonyl (C=O) groups excluding carboxylic acids is 1. The molecule has 4 aromatic rings. The van der Waals surface area contributed by atoms with Gasteiger partial charge in [-0.2, -0.15) is 0 Å². The largest absolute Gasteiger partial charge is 0.444 e. The van der Waals surface area contributed by atoms with Crippen molar-refractivity contribution in [2.45, 2.75) is 49.8 Å². The van der Waals surface area contributed by atoms with Gasteiger partial charge in [0.15, 0.2) is 5.67 Å². The number of benzene rings is 4. The molecule has 0 atom stereocenters. The fourth-order valence-corrected chi connectivity index (χ4v) is 6.28. The van der Waals surface area contributed by atoms with E-state index in [0.717, 1.165) is 11.1 Å². The Morgan fingerprint density at radius 1 is 0.681 bits per heavy atom. The van der Waals surface area contributed by atoms with Gasteiger partial charge in [-0.25, -0.2) is 13.6 Å². The molecule has 2 saturated heterocycles. The second-order valence-corrected chi connectivity index (χ2v) is 13.6. The Labute approximate surface area is 277 Å². The molecule has 0 aromatic heterocycles. The summed E-state index contributed by atoms with van der Waals surface area (Å²) in [6.45, 7) is 6.73. The normalized spacial score (nSPS) is 17.2. The Balaban J connectivity index is 0.000000193. The number of nitrogens with two attached hydrogens (primary N) is 1. The summed E-state index contributed by atoms with van der Waals surface area (Å²) >= 11 is 0. The summed E-state index contributed by atoms with van der Waals surface area (Å²) in [5.41, 5.74) is 6.89. The van der Waals surface area contributed by atoms with Gasteiger partial charge < -0.3 is 15.8 Å². The molecule has 4 aromatic carbocycles. The Bertz CT molecular complexity index is 1460. The molecule has 0 radical (unpaired) electrons. The minimum Gasteiger partial charge on any atom is -0.444 e. The monoisotopic (exact) mass is 640 g/mol. The number of nitrogens with zero attached hydrogens (tertiary/aromatic N) is 2. The van der Waals surface area contributed by atoms with E-state index in [4.69, 9.17) is 10.5 Å². The van der Waals surface area contributed by atoms with Gasteiger partial charge >= 0.3 is 6.09 Å². The van der Waals surface area contributed by atoms with Crippen molar-refractivity contribution >= 4 is 6.09 Å². The Hall–Kier alpha value is -4.11. The zero-order valence-corrected chi connectivity index (χ0v) is 27.5. The lowest BCUT2D eigenvalue weighted by Gasteiger charge is -2.48. The third-order valence-corrected chi connectivity index (χ3v) is 8.45. The Morgan fingerprint density at radius 2 is 1.00 bits per heavy atom. The van der Waals surface area contributed by atoms with Crippen molar-refractivity contribution in [2.75, 3.05) is 39.3 Å². The van der Waals surface area contributed by atoms with Gasteiger partial charge in [0.2, 0.25) is 0 Å². The summed E-state index contributed by atoms with van der Waals surface area (Å²) in [5.74, 6) is 0. The number of hydrogen-bond donors (Lipinski definition) is 2. The number of nitrogens with one attached hydrogen (secondary N) is 1. The van der Waals surface area contributed by atoms with E-state index in [1.807, 2.05) is 72.8 Å². The van der Waals surface area contributed by atoms with Crippen molar-refractivity contribution in [3.05, 3.63) is 144 Å². The van der Waals surface area contributed by atoms with E-state index in [2.05, 4.69) is 63.6 Å². The van der Waals surface area contributed by atoms with Crippen LogP contribution in [0.2, 0.25) is 0 Å². The minimum atomic E-state index is -1.45. The third-order valence-electron chi connectivity index (χ3n) is 8.45. The lowest BCUT2D eigenvalue weighted by atomic mass is 9.88. The zero-order chi connectivity index (χ0) is 33.5. The number of alkyl carbamates (subject to hydrolysis) is 1. The van der Waals surface area contributed by atoms with Gasteiger partial charge in [0, 0.05) is 32.7 Å². The van der Waals surface area contributed by atoms with Crippen molar-refractivity contribution in [3.63, 3.8) is 0 Å². The molecule has 2 fully saturated rings. The molecule has 6 rings (SSSR count). The molecule has 2 aliphatic rings. The molecule has 0 spiro atoms. The number of hydrogen-bond acceptors (Lipinski definition) is 5. The van der Waals surface area contributed by atoms with E-state index in [1.165, 1.54) is 11.1 Å². The predicted octanol–water partition coefficient (Wildman–Crippen LogP) is 7.08. The summed E-state index contributed by atoms with van der Waals surface area (Å²) in [4.78, 5) is 16.0. The first-order valence-corrected chi connectivity index (χ1v) is 16.2. The molecule has 0 unspecified atom stereocenters. The lowest BCUT2D eigenvalue weighted by molar-refractivity contribution is -0.0490. The van der Waals surface area contributed by atoms with Crippen molar-refractivity contribution in [1.82, 2.24) is 15.1 Å². The molecule has 1 amide bonds. The number of likely N-dealkylation sites (tertiary alicyclic amines) is 2. The van der Waals surface area contributed by atoms with Gasteiger partial charge in [0.05, 0.1) is 18.6 Å². The molecular formula is C39H46F2N4O2. The van der Waals surface area contributed by atoms with Crippen LogP contribution in [0.15, 0.2) is 121 Å². The van der Waals surface area contributed by atoms with Crippen molar-refractivity contribution in [2.24, 2.45) is 5.73 Å². The zero-order valence-electron chi connectivity index (χ0n) is 27.5. The third kappa shape index (κ3) is 9.04. The highest BCUT2D eigenvalue weighted by molar-refractivity contribution is 5.67. The van der Waals surface area contributed by atoms with Crippen LogP contribution >= 0.6 is 0 Å². The van der Waals surface area contributed by atoms with Gasteiger partial charge in [0.1, 0.15) is 11.3 Å². The summed E-state index contributed by atoms with van der Waals surface area (Å²) in [7, 11) is 0. The van der Waals surface area contributed by atoms with Crippen LogP contribution in [0.4, 0.5) is 13.6 Å². The number of rotatable bonds is 9. The first-order valence-electron chi connectivity index (χ1n) is 16.2. The smallest absolute Gasteiger partial charge is 0.407 e. The highest BCUT2D eigenvalue weighted by atomic mass is 19.1. The highest BCUT2D eigenvalue weighted by Crippen LogP contribution is 2.38. The van der Waals surface area contributed by atoms with E-state index in [1.54, 1.807) is 20.8 Å². The standard InChI is InChI=1S/C22H27FN2O2.C17H19FN2/c1-21(2,3)27-20(26)24-14-22(23)15-25(16-22)19(17-10-6-4-7-11-17)18-12-8-5-9-13-18;18-17(11-19)12-20(13-17)16(14-7-3-1-4-8-14)15-9-5-2-6-10-15/h4-13,19H,14-16H2,1-3H3,(H,24,26);1-10,16H,11-13,19H2. The number of alkyl halides is 2. The van der Waals surface area contributed by atoms with Crippen molar-refractivity contribution in [3.8, 4) is 0 Å². The SMILES string of the molecule is CC(C)(C)OC(=O)NCC1(F)CN(C(c2ccccc2)c2ccccc2)C1.NCC1(F)CN(C(c2ccccc2)c2ccccc2)C1. The second-order valence-electron chi connectivity index (χ2n) is 13.6. The molecule has 0 aliphatic carbocycles. The number of carbonyl (C=O) groups is 1. The first kappa shape index (κ1) is 34.2. The number of halogens is 2. The van der Waals surface area contributed by atoms with Crippen LogP contribution in [-0.2, 0) is 4.74 Å².